The number of nitrogens with zero attached hydrogens (tertiary/aromatic N) is 2. The second-order valence-electron chi connectivity index (χ2n) is 7.25. The normalized spacial score (nSPS) is 19.1. The molecule has 0 aromatic heterocycles. The molecule has 0 spiro atoms. The molecule has 1 atom stereocenters. The number of rotatable bonds is 12. The van der Waals surface area contributed by atoms with E-state index in [-0.39, 0.29) is 0 Å². The van der Waals surface area contributed by atoms with Gasteiger partial charge < -0.3 is 18.3 Å². The molecule has 4 nitrogen and oxygen atoms in total. The Labute approximate surface area is 153 Å². The van der Waals surface area contributed by atoms with Crippen molar-refractivity contribution >= 4 is 17.5 Å². The van der Waals surface area contributed by atoms with Crippen LogP contribution in [0.5, 0.6) is 0 Å². The van der Waals surface area contributed by atoms with Crippen LogP contribution in [0.4, 0.5) is 0 Å². The van der Waals surface area contributed by atoms with E-state index in [4.69, 9.17) is 8.85 Å². The van der Waals surface area contributed by atoms with Gasteiger partial charge in [-0.05, 0) is 43.9 Å². The van der Waals surface area contributed by atoms with Gasteiger partial charge in [0.1, 0.15) is 8.24 Å². The Balaban J connectivity index is 2.42. The van der Waals surface area contributed by atoms with Crippen molar-refractivity contribution in [3.63, 3.8) is 0 Å². The molecule has 0 aromatic rings. The Kier molecular flexibility index (Phi) is 11.0. The highest BCUT2D eigenvalue weighted by Crippen LogP contribution is 2.26. The maximum atomic E-state index is 5.84. The van der Waals surface area contributed by atoms with E-state index in [0.29, 0.717) is 5.92 Å². The summed E-state index contributed by atoms with van der Waals surface area (Å²) in [4.78, 5) is 2.67. The Morgan fingerprint density at radius 3 is 1.79 bits per heavy atom. The highest BCUT2D eigenvalue weighted by atomic mass is 28.3. The molecule has 144 valence electrons. The number of hydrogen-bond acceptors (Lipinski definition) is 4. The summed E-state index contributed by atoms with van der Waals surface area (Å²) in [7, 11) is -2.61. The molecule has 1 aliphatic heterocycles. The summed E-state index contributed by atoms with van der Waals surface area (Å²) in [6.45, 7) is 21.6. The number of hydrogen-bond donors (Lipinski definition) is 0. The first-order chi connectivity index (χ1) is 11.5. The van der Waals surface area contributed by atoms with Crippen molar-refractivity contribution in [3.05, 3.63) is 0 Å². The second-order valence-corrected chi connectivity index (χ2v) is 14.5. The van der Waals surface area contributed by atoms with Crippen LogP contribution in [0.15, 0.2) is 0 Å². The monoisotopic (exact) mass is 374 g/mol. The average Bonchev–Trinajstić information content (AvgIpc) is 2.58. The van der Waals surface area contributed by atoms with E-state index in [1.54, 1.807) is 0 Å². The quantitative estimate of drug-likeness (QED) is 0.488. The van der Waals surface area contributed by atoms with E-state index in [9.17, 15) is 0 Å². The van der Waals surface area contributed by atoms with Gasteiger partial charge in [-0.25, -0.2) is 0 Å². The van der Waals surface area contributed by atoms with Crippen LogP contribution in [-0.2, 0) is 8.85 Å². The third kappa shape index (κ3) is 6.54. The molecule has 1 heterocycles. The molecule has 0 saturated carbocycles. The highest BCUT2D eigenvalue weighted by Gasteiger charge is 2.36. The van der Waals surface area contributed by atoms with Gasteiger partial charge in [-0.1, -0.05) is 27.7 Å². The maximum Gasteiger partial charge on any atom is 0.321 e. The van der Waals surface area contributed by atoms with Crippen LogP contribution in [-0.4, -0.2) is 72.9 Å². The van der Waals surface area contributed by atoms with E-state index in [0.717, 1.165) is 19.3 Å². The predicted molar refractivity (Wildman–Crippen MR) is 110 cm³/mol. The minimum absolute atomic E-state index is 0.678. The predicted octanol–water partition coefficient (Wildman–Crippen LogP) is 3.54. The lowest BCUT2D eigenvalue weighted by molar-refractivity contribution is 0.159. The van der Waals surface area contributed by atoms with Crippen LogP contribution in [0, 0.1) is 5.92 Å². The lowest BCUT2D eigenvalue weighted by Crippen LogP contribution is -2.59. The standard InChI is InChI=1S/C18H42N2O2Si2/c1-7-21-23(22-8-2)17-18(6)16-19-12-14-20(15-13-19)24(9-3,10-4)11-5/h18,23H,7-17H2,1-6H3. The van der Waals surface area contributed by atoms with Crippen molar-refractivity contribution in [2.24, 2.45) is 5.92 Å². The molecule has 0 bridgehead atoms. The second kappa shape index (κ2) is 11.8. The van der Waals surface area contributed by atoms with Gasteiger partial charge >= 0.3 is 9.28 Å². The third-order valence-electron chi connectivity index (χ3n) is 5.89. The van der Waals surface area contributed by atoms with Crippen molar-refractivity contribution in [2.45, 2.75) is 65.7 Å². The van der Waals surface area contributed by atoms with Crippen molar-refractivity contribution in [3.8, 4) is 0 Å². The SMILES string of the molecule is CCO[SiH](CC(C)CN1CCN([Si](CC)(CC)CC)CC1)OCC. The van der Waals surface area contributed by atoms with Crippen molar-refractivity contribution in [1.29, 1.82) is 0 Å². The zero-order chi connectivity index (χ0) is 18.0. The molecule has 1 fully saturated rings. The van der Waals surface area contributed by atoms with Crippen molar-refractivity contribution in [1.82, 2.24) is 9.47 Å². The zero-order valence-corrected chi connectivity index (χ0v) is 19.3. The molecule has 1 rings (SSSR count). The fourth-order valence-corrected chi connectivity index (χ4v) is 10.1. The lowest BCUT2D eigenvalue weighted by atomic mass is 10.2. The van der Waals surface area contributed by atoms with Gasteiger partial charge in [0, 0.05) is 45.9 Å². The summed E-state index contributed by atoms with van der Waals surface area (Å²) in [5.74, 6) is 0.678. The van der Waals surface area contributed by atoms with Crippen molar-refractivity contribution in [2.75, 3.05) is 45.9 Å². The van der Waals surface area contributed by atoms with E-state index in [1.165, 1.54) is 50.9 Å². The fourth-order valence-electron chi connectivity index (χ4n) is 4.23. The first-order valence-electron chi connectivity index (χ1n) is 10.3. The highest BCUT2D eigenvalue weighted by molar-refractivity contribution is 6.77. The van der Waals surface area contributed by atoms with Gasteiger partial charge in [0.05, 0.1) is 0 Å². The molecule has 6 heteroatoms. The smallest absolute Gasteiger partial charge is 0.321 e. The molecular formula is C18H42N2O2Si2. The maximum absolute atomic E-state index is 5.84. The summed E-state index contributed by atoms with van der Waals surface area (Å²) in [6.07, 6.45) is 0. The van der Waals surface area contributed by atoms with E-state index in [2.05, 4.69) is 51.0 Å². The van der Waals surface area contributed by atoms with Crippen LogP contribution >= 0.6 is 0 Å². The molecule has 1 unspecified atom stereocenters. The third-order valence-corrected chi connectivity index (χ3v) is 14.2. The first kappa shape index (κ1) is 22.3. The largest absolute Gasteiger partial charge is 0.397 e. The fraction of sp³-hybridized carbons (Fsp3) is 1.00. The molecule has 1 saturated heterocycles. The average molecular weight is 375 g/mol. The minimum atomic E-state index is -1.45. The van der Waals surface area contributed by atoms with Gasteiger partial charge in [0.25, 0.3) is 0 Å². The zero-order valence-electron chi connectivity index (χ0n) is 17.1. The van der Waals surface area contributed by atoms with Crippen LogP contribution in [0.2, 0.25) is 24.2 Å². The van der Waals surface area contributed by atoms with Crippen LogP contribution in [0.25, 0.3) is 0 Å². The lowest BCUT2D eigenvalue weighted by Gasteiger charge is -2.46. The molecule has 0 amide bonds. The van der Waals surface area contributed by atoms with Gasteiger partial charge in [-0.15, -0.1) is 0 Å². The number of piperazine rings is 1. The van der Waals surface area contributed by atoms with Gasteiger partial charge in [0.2, 0.25) is 0 Å². The molecular weight excluding hydrogens is 332 g/mol. The Morgan fingerprint density at radius 1 is 0.875 bits per heavy atom. The molecule has 0 N–H and O–H groups in total. The minimum Gasteiger partial charge on any atom is -0.397 e. The molecule has 24 heavy (non-hydrogen) atoms. The summed E-state index contributed by atoms with van der Waals surface area (Å²) in [6, 6.07) is 5.37. The van der Waals surface area contributed by atoms with Gasteiger partial charge in [-0.3, -0.25) is 0 Å². The van der Waals surface area contributed by atoms with E-state index >= 15 is 0 Å². The molecule has 0 aromatic carbocycles. The van der Waals surface area contributed by atoms with Gasteiger partial charge in [0.15, 0.2) is 0 Å². The summed E-state index contributed by atoms with van der Waals surface area (Å²) >= 11 is 0. The first-order valence-corrected chi connectivity index (χ1v) is 14.6. The summed E-state index contributed by atoms with van der Waals surface area (Å²) < 4.78 is 14.6. The Morgan fingerprint density at radius 2 is 1.38 bits per heavy atom. The summed E-state index contributed by atoms with van der Waals surface area (Å²) in [5.41, 5.74) is 0. The van der Waals surface area contributed by atoms with Crippen molar-refractivity contribution < 1.29 is 8.85 Å². The van der Waals surface area contributed by atoms with E-state index in [1.807, 2.05) is 0 Å². The van der Waals surface area contributed by atoms with Crippen LogP contribution in [0.3, 0.4) is 0 Å². The molecule has 0 aliphatic carbocycles. The molecule has 1 aliphatic rings. The van der Waals surface area contributed by atoms with Crippen LogP contribution < -0.4 is 0 Å². The Hall–Kier alpha value is 0.274. The summed E-state index contributed by atoms with van der Waals surface area (Å²) in [5, 5.41) is 0. The topological polar surface area (TPSA) is 24.9 Å². The Bertz CT molecular complexity index is 308. The van der Waals surface area contributed by atoms with Crippen LogP contribution in [0.1, 0.15) is 41.5 Å². The van der Waals surface area contributed by atoms with E-state index < -0.39 is 17.5 Å². The molecule has 0 radical (unpaired) electrons. The van der Waals surface area contributed by atoms with Gasteiger partial charge in [-0.2, -0.15) is 0 Å².